The summed E-state index contributed by atoms with van der Waals surface area (Å²) in [7, 11) is 4.92. The second kappa shape index (κ2) is 15.5. The Bertz CT molecular complexity index is 2050. The molecule has 0 spiro atoms. The van der Waals surface area contributed by atoms with Gasteiger partial charge in [0.1, 0.15) is 47.6 Å². The summed E-state index contributed by atoms with van der Waals surface area (Å²) in [5.41, 5.74) is -3.51. The zero-order valence-electron chi connectivity index (χ0n) is 33.9. The molecule has 4 aliphatic heterocycles. The fraction of sp³-hybridized carbons (Fsp3) is 0.619. The predicted octanol–water partition coefficient (Wildman–Crippen LogP) is 2.88. The van der Waals surface area contributed by atoms with Gasteiger partial charge in [0, 0.05) is 42.9 Å². The van der Waals surface area contributed by atoms with Gasteiger partial charge in [0.2, 0.25) is 5.78 Å². The van der Waals surface area contributed by atoms with E-state index < -0.39 is 131 Å². The second-order valence-electron chi connectivity index (χ2n) is 16.7. The van der Waals surface area contributed by atoms with E-state index in [4.69, 9.17) is 37.9 Å². The summed E-state index contributed by atoms with van der Waals surface area (Å²) in [6, 6.07) is 3.08. The highest BCUT2D eigenvalue weighted by Gasteiger charge is 2.55. The lowest BCUT2D eigenvalue weighted by molar-refractivity contribution is -0.371. The standard InChI is InChI=1S/C42H51NO16/c1-8-42(51)15-27(30-19(34(42)40(50)52-7)11-20-31(36(30)48)37(49)33-23(45)10-9-22(44)32(33)35(20)47)57-28-12-21(43(5)6)38(17(3)53-28)58-29-14-25-39(18(4)54-29)59-41-26(56-25)13-24(46)16(2)55-41/h9-11,16-18,21,25-29,34,38-39,41,44-45,48,51H,8,12-15H2,1-7H3/t16-,17-,18-,21-,25-,26-,27-,28-,29-,34-,38+,39+,41-,42+/m0/s1. The van der Waals surface area contributed by atoms with Gasteiger partial charge in [0.15, 0.2) is 30.4 Å². The summed E-state index contributed by atoms with van der Waals surface area (Å²) in [5, 5.41) is 45.4. The average Bonchev–Trinajstić information content (AvgIpc) is 3.18. The van der Waals surface area contributed by atoms with E-state index in [1.807, 2.05) is 32.8 Å². The third-order valence-corrected chi connectivity index (χ3v) is 12.9. The summed E-state index contributed by atoms with van der Waals surface area (Å²) in [5.74, 6) is -5.88. The smallest absolute Gasteiger partial charge is 0.316 e. The van der Waals surface area contributed by atoms with Gasteiger partial charge in [-0.2, -0.15) is 0 Å². The van der Waals surface area contributed by atoms with Crippen molar-refractivity contribution in [3.8, 4) is 17.2 Å². The molecule has 2 aromatic rings. The van der Waals surface area contributed by atoms with E-state index in [-0.39, 0.29) is 54.2 Å². The lowest BCUT2D eigenvalue weighted by Crippen LogP contribution is -2.62. The molecule has 2 aromatic carbocycles. The van der Waals surface area contributed by atoms with Gasteiger partial charge >= 0.3 is 5.97 Å². The number of nitrogens with zero attached hydrogens (tertiary/aromatic N) is 1. The van der Waals surface area contributed by atoms with Gasteiger partial charge in [-0.05, 0) is 65.0 Å². The molecule has 0 amide bonds. The number of aliphatic hydroxyl groups is 1. The maximum absolute atomic E-state index is 14.0. The van der Waals surface area contributed by atoms with Crippen LogP contribution in [0, 0.1) is 0 Å². The van der Waals surface area contributed by atoms with Gasteiger partial charge in [-0.1, -0.05) is 6.92 Å². The van der Waals surface area contributed by atoms with Crippen molar-refractivity contribution in [2.75, 3.05) is 21.2 Å². The van der Waals surface area contributed by atoms with Gasteiger partial charge in [-0.15, -0.1) is 0 Å². The zero-order valence-corrected chi connectivity index (χ0v) is 33.9. The minimum Gasteiger partial charge on any atom is -0.507 e. The van der Waals surface area contributed by atoms with E-state index in [9.17, 15) is 39.6 Å². The first-order chi connectivity index (χ1) is 28.0. The van der Waals surface area contributed by atoms with Gasteiger partial charge < -0.3 is 63.2 Å². The van der Waals surface area contributed by atoms with E-state index in [2.05, 4.69) is 0 Å². The summed E-state index contributed by atoms with van der Waals surface area (Å²) >= 11 is 0. The van der Waals surface area contributed by atoms with E-state index in [1.54, 1.807) is 13.8 Å². The van der Waals surface area contributed by atoms with Crippen molar-refractivity contribution in [2.45, 2.75) is 145 Å². The van der Waals surface area contributed by atoms with E-state index in [0.29, 0.717) is 6.42 Å². The molecule has 0 radical (unpaired) electrons. The third kappa shape index (κ3) is 6.93. The molecular formula is C42H51NO16. The molecule has 6 aliphatic rings. The molecular weight excluding hydrogens is 774 g/mol. The van der Waals surface area contributed by atoms with Crippen LogP contribution in [0.1, 0.15) is 115 Å². The lowest BCUT2D eigenvalue weighted by Gasteiger charge is -2.51. The minimum atomic E-state index is -1.80. The number of phenolic OH excluding ortho intramolecular Hbond substituents is 3. The average molecular weight is 826 g/mol. The number of aromatic hydroxyl groups is 3. The Hall–Kier alpha value is -4.04. The molecule has 4 fully saturated rings. The second-order valence-corrected chi connectivity index (χ2v) is 16.7. The summed E-state index contributed by atoms with van der Waals surface area (Å²) in [6.45, 7) is 7.07. The SMILES string of the molecule is CC[C@@]1(O)C[C@H](O[C@H]2C[C@H](N(C)C)[C@H](O[C@H]3C[C@@H]4O[C@H]5CC(=O)[C@H](C)O[C@H]5O[C@@H]4[C@H](C)O3)[C@H](C)O2)c2c(cc3c(c2O)C(=O)c2c(O)ccc(O)c2C3=O)[C@H]1C(=O)OC. The van der Waals surface area contributed by atoms with Crippen LogP contribution >= 0.6 is 0 Å². The van der Waals surface area contributed by atoms with Crippen molar-refractivity contribution in [3.05, 3.63) is 51.6 Å². The van der Waals surface area contributed by atoms with Crippen LogP contribution < -0.4 is 0 Å². The van der Waals surface area contributed by atoms with Gasteiger partial charge in [-0.3, -0.25) is 19.2 Å². The van der Waals surface area contributed by atoms with E-state index in [0.717, 1.165) is 19.2 Å². The quantitative estimate of drug-likeness (QED) is 0.198. The van der Waals surface area contributed by atoms with Crippen molar-refractivity contribution in [1.82, 2.24) is 4.90 Å². The molecule has 320 valence electrons. The number of benzene rings is 2. The molecule has 0 bridgehead atoms. The van der Waals surface area contributed by atoms with Crippen LogP contribution in [-0.2, 0) is 47.5 Å². The fourth-order valence-corrected chi connectivity index (χ4v) is 9.77. The molecule has 2 aliphatic carbocycles. The number of esters is 1. The highest BCUT2D eigenvalue weighted by molar-refractivity contribution is 6.31. The van der Waals surface area contributed by atoms with Crippen LogP contribution in [0.5, 0.6) is 17.2 Å². The molecule has 14 atom stereocenters. The topological polar surface area (TPSA) is 226 Å². The maximum Gasteiger partial charge on any atom is 0.316 e. The molecule has 59 heavy (non-hydrogen) atoms. The number of fused-ring (bicyclic) bond motifs is 5. The number of likely N-dealkylation sites (N-methyl/N-ethyl adjacent to an activating group) is 1. The molecule has 8 rings (SSSR count). The number of hydrogen-bond acceptors (Lipinski definition) is 17. The Kier molecular flexibility index (Phi) is 10.9. The lowest BCUT2D eigenvalue weighted by atomic mass is 9.67. The number of ether oxygens (including phenoxy) is 8. The molecule has 17 heteroatoms. The zero-order chi connectivity index (χ0) is 42.4. The van der Waals surface area contributed by atoms with Crippen molar-refractivity contribution >= 4 is 23.3 Å². The first kappa shape index (κ1) is 41.7. The van der Waals surface area contributed by atoms with Crippen LogP contribution in [0.4, 0.5) is 0 Å². The Morgan fingerprint density at radius 1 is 0.864 bits per heavy atom. The monoisotopic (exact) mass is 825 g/mol. The highest BCUT2D eigenvalue weighted by Crippen LogP contribution is 2.54. The normalized spacial score (nSPS) is 37.8. The summed E-state index contributed by atoms with van der Waals surface area (Å²) < 4.78 is 49.5. The Morgan fingerprint density at radius 3 is 2.19 bits per heavy atom. The number of carbonyl (C=O) groups is 4. The number of carbonyl (C=O) groups excluding carboxylic acids is 4. The van der Waals surface area contributed by atoms with E-state index >= 15 is 0 Å². The molecule has 0 aromatic heterocycles. The fourth-order valence-electron chi connectivity index (χ4n) is 9.77. The minimum absolute atomic E-state index is 0.00735. The third-order valence-electron chi connectivity index (χ3n) is 12.9. The van der Waals surface area contributed by atoms with Gasteiger partial charge in [0.25, 0.3) is 0 Å². The molecule has 4 saturated heterocycles. The number of ketones is 3. The Morgan fingerprint density at radius 2 is 1.53 bits per heavy atom. The number of Topliss-reactive ketones (excluding diaryl/α,β-unsaturated/α-hetero) is 1. The van der Waals surface area contributed by atoms with E-state index in [1.165, 1.54) is 6.07 Å². The first-order valence-electron chi connectivity index (χ1n) is 20.1. The predicted molar refractivity (Wildman–Crippen MR) is 201 cm³/mol. The van der Waals surface area contributed by atoms with Crippen molar-refractivity contribution in [3.63, 3.8) is 0 Å². The van der Waals surface area contributed by atoms with Crippen LogP contribution in [0.25, 0.3) is 0 Å². The van der Waals surface area contributed by atoms with Gasteiger partial charge in [-0.25, -0.2) is 0 Å². The number of hydrogen-bond donors (Lipinski definition) is 4. The number of phenols is 3. The van der Waals surface area contributed by atoms with Crippen molar-refractivity contribution < 1.29 is 77.5 Å². The van der Waals surface area contributed by atoms with Crippen LogP contribution in [0.3, 0.4) is 0 Å². The van der Waals surface area contributed by atoms with Gasteiger partial charge in [0.05, 0.1) is 53.8 Å². The number of rotatable bonds is 7. The summed E-state index contributed by atoms with van der Waals surface area (Å²) in [6.07, 6.45) is -6.48. The van der Waals surface area contributed by atoms with Crippen LogP contribution in [0.15, 0.2) is 18.2 Å². The Balaban J connectivity index is 1.07. The van der Waals surface area contributed by atoms with Crippen LogP contribution in [0.2, 0.25) is 0 Å². The van der Waals surface area contributed by atoms with Crippen LogP contribution in [-0.4, -0.2) is 143 Å². The molecule has 4 heterocycles. The molecule has 17 nitrogen and oxygen atoms in total. The largest absolute Gasteiger partial charge is 0.507 e. The first-order valence-corrected chi connectivity index (χ1v) is 20.1. The molecule has 0 unspecified atom stereocenters. The van der Waals surface area contributed by atoms with Crippen molar-refractivity contribution in [1.29, 1.82) is 0 Å². The maximum atomic E-state index is 14.0. The highest BCUT2D eigenvalue weighted by atomic mass is 16.8. The van der Waals surface area contributed by atoms with Crippen molar-refractivity contribution in [2.24, 2.45) is 0 Å². The Labute approximate surface area is 340 Å². The number of methoxy groups -OCH3 is 1. The molecule has 0 saturated carbocycles. The molecule has 4 N–H and O–H groups in total. The summed E-state index contributed by atoms with van der Waals surface area (Å²) in [4.78, 5) is 55.7.